The van der Waals surface area contributed by atoms with Gasteiger partial charge in [-0.1, -0.05) is 13.0 Å². The molecule has 1 aliphatic heterocycles. The maximum atomic E-state index is 13.3. The van der Waals surface area contributed by atoms with Gasteiger partial charge in [-0.2, -0.15) is 0 Å². The van der Waals surface area contributed by atoms with Crippen molar-refractivity contribution in [1.82, 2.24) is 5.32 Å². The molecular weight excluding hydrogens is 240 g/mol. The van der Waals surface area contributed by atoms with Crippen LogP contribution in [-0.2, 0) is 5.54 Å². The average Bonchev–Trinajstić information content (AvgIpc) is 2.38. The SMILES string of the molecule is CCNC(C)(c1ccc2c(c1)OCCO2)C(F)F. The molecule has 1 N–H and O–H groups in total. The van der Waals surface area contributed by atoms with Gasteiger partial charge in [0.05, 0.1) is 0 Å². The first-order valence-corrected chi connectivity index (χ1v) is 6.01. The molecule has 0 fully saturated rings. The van der Waals surface area contributed by atoms with Crippen LogP contribution in [-0.4, -0.2) is 26.2 Å². The molecule has 2 rings (SSSR count). The van der Waals surface area contributed by atoms with Crippen LogP contribution in [0.3, 0.4) is 0 Å². The van der Waals surface area contributed by atoms with Crippen LogP contribution >= 0.6 is 0 Å². The van der Waals surface area contributed by atoms with Crippen LogP contribution in [0.2, 0.25) is 0 Å². The number of hydrogen-bond donors (Lipinski definition) is 1. The van der Waals surface area contributed by atoms with Crippen molar-refractivity contribution in [2.24, 2.45) is 0 Å². The lowest BCUT2D eigenvalue weighted by Gasteiger charge is -2.31. The molecule has 0 spiro atoms. The largest absolute Gasteiger partial charge is 0.486 e. The van der Waals surface area contributed by atoms with Gasteiger partial charge in [-0.05, 0) is 31.2 Å². The number of hydrogen-bond acceptors (Lipinski definition) is 3. The van der Waals surface area contributed by atoms with Gasteiger partial charge >= 0.3 is 0 Å². The van der Waals surface area contributed by atoms with Crippen LogP contribution in [0.5, 0.6) is 11.5 Å². The lowest BCUT2D eigenvalue weighted by atomic mass is 9.92. The fourth-order valence-corrected chi connectivity index (χ4v) is 2.04. The van der Waals surface area contributed by atoms with E-state index in [-0.39, 0.29) is 0 Å². The molecule has 0 aromatic heterocycles. The third-order valence-electron chi connectivity index (χ3n) is 3.12. The standard InChI is InChI=1S/C13H17F2NO2/c1-3-16-13(2,12(14)15)9-4-5-10-11(8-9)18-7-6-17-10/h4-5,8,12,16H,3,6-7H2,1-2H3. The third-order valence-corrected chi connectivity index (χ3v) is 3.12. The van der Waals surface area contributed by atoms with E-state index in [4.69, 9.17) is 9.47 Å². The maximum absolute atomic E-state index is 13.3. The molecule has 0 aliphatic carbocycles. The number of ether oxygens (including phenoxy) is 2. The van der Waals surface area contributed by atoms with E-state index in [1.807, 2.05) is 0 Å². The molecule has 18 heavy (non-hydrogen) atoms. The third kappa shape index (κ3) is 2.27. The molecule has 0 bridgehead atoms. The topological polar surface area (TPSA) is 30.5 Å². The van der Waals surface area contributed by atoms with Gasteiger partial charge in [-0.3, -0.25) is 0 Å². The monoisotopic (exact) mass is 257 g/mol. The first-order chi connectivity index (χ1) is 8.58. The molecule has 5 heteroatoms. The lowest BCUT2D eigenvalue weighted by molar-refractivity contribution is 0.0391. The molecule has 100 valence electrons. The molecule has 1 heterocycles. The summed E-state index contributed by atoms with van der Waals surface area (Å²) in [6.45, 7) is 4.70. The zero-order chi connectivity index (χ0) is 13.2. The number of rotatable bonds is 4. The second kappa shape index (κ2) is 5.10. The van der Waals surface area contributed by atoms with Gasteiger partial charge in [0.25, 0.3) is 6.43 Å². The summed E-state index contributed by atoms with van der Waals surface area (Å²) in [5, 5.41) is 2.84. The summed E-state index contributed by atoms with van der Waals surface area (Å²) in [6.07, 6.45) is -2.50. The number of nitrogens with one attached hydrogen (secondary N) is 1. The summed E-state index contributed by atoms with van der Waals surface area (Å²) in [6, 6.07) is 4.97. The van der Waals surface area contributed by atoms with Crippen molar-refractivity contribution >= 4 is 0 Å². The minimum atomic E-state index is -2.50. The summed E-state index contributed by atoms with van der Waals surface area (Å²) in [4.78, 5) is 0. The van der Waals surface area contributed by atoms with Gasteiger partial charge in [0.15, 0.2) is 11.5 Å². The van der Waals surface area contributed by atoms with E-state index >= 15 is 0 Å². The van der Waals surface area contributed by atoms with Crippen LogP contribution in [0, 0.1) is 0 Å². The Balaban J connectivity index is 2.36. The molecule has 0 amide bonds. The van der Waals surface area contributed by atoms with Crippen LogP contribution in [0.1, 0.15) is 19.4 Å². The second-order valence-corrected chi connectivity index (χ2v) is 4.39. The van der Waals surface area contributed by atoms with E-state index < -0.39 is 12.0 Å². The number of benzene rings is 1. The van der Waals surface area contributed by atoms with Crippen molar-refractivity contribution in [2.45, 2.75) is 25.8 Å². The summed E-state index contributed by atoms with van der Waals surface area (Å²) in [5.74, 6) is 1.14. The first-order valence-electron chi connectivity index (χ1n) is 6.01. The Morgan fingerprint density at radius 3 is 2.56 bits per heavy atom. The minimum absolute atomic E-state index is 0.447. The van der Waals surface area contributed by atoms with Gasteiger partial charge < -0.3 is 14.8 Å². The Labute approximate surface area is 105 Å². The van der Waals surface area contributed by atoms with Crippen molar-refractivity contribution < 1.29 is 18.3 Å². The van der Waals surface area contributed by atoms with Crippen molar-refractivity contribution in [2.75, 3.05) is 19.8 Å². The lowest BCUT2D eigenvalue weighted by Crippen LogP contribution is -2.45. The van der Waals surface area contributed by atoms with Gasteiger partial charge in [-0.25, -0.2) is 8.78 Å². The average molecular weight is 257 g/mol. The van der Waals surface area contributed by atoms with Crippen molar-refractivity contribution in [3.8, 4) is 11.5 Å². The highest BCUT2D eigenvalue weighted by Gasteiger charge is 2.36. The Morgan fingerprint density at radius 2 is 1.94 bits per heavy atom. The van der Waals surface area contributed by atoms with E-state index in [0.29, 0.717) is 36.8 Å². The zero-order valence-electron chi connectivity index (χ0n) is 10.5. The fourth-order valence-electron chi connectivity index (χ4n) is 2.04. The summed E-state index contributed by atoms with van der Waals surface area (Å²) < 4.78 is 37.3. The van der Waals surface area contributed by atoms with Crippen LogP contribution in [0.4, 0.5) is 8.78 Å². The Morgan fingerprint density at radius 1 is 1.28 bits per heavy atom. The molecular formula is C13H17F2NO2. The van der Waals surface area contributed by atoms with Crippen LogP contribution < -0.4 is 14.8 Å². The normalized spacial score (nSPS) is 17.6. The predicted molar refractivity (Wildman–Crippen MR) is 64.5 cm³/mol. The number of alkyl halides is 2. The Hall–Kier alpha value is -1.36. The van der Waals surface area contributed by atoms with Crippen molar-refractivity contribution in [1.29, 1.82) is 0 Å². The van der Waals surface area contributed by atoms with Crippen molar-refractivity contribution in [3.63, 3.8) is 0 Å². The summed E-state index contributed by atoms with van der Waals surface area (Å²) >= 11 is 0. The molecule has 0 radical (unpaired) electrons. The van der Waals surface area contributed by atoms with E-state index in [0.717, 1.165) is 0 Å². The number of halogens is 2. The van der Waals surface area contributed by atoms with E-state index in [1.54, 1.807) is 25.1 Å². The fraction of sp³-hybridized carbons (Fsp3) is 0.538. The molecule has 1 aromatic carbocycles. The van der Waals surface area contributed by atoms with Gasteiger partial charge in [-0.15, -0.1) is 0 Å². The summed E-state index contributed by atoms with van der Waals surface area (Å²) in [7, 11) is 0. The highest BCUT2D eigenvalue weighted by atomic mass is 19.3. The predicted octanol–water partition coefficient (Wildman–Crippen LogP) is 2.55. The highest BCUT2D eigenvalue weighted by Crippen LogP contribution is 2.36. The highest BCUT2D eigenvalue weighted by molar-refractivity contribution is 5.45. The van der Waals surface area contributed by atoms with E-state index in [9.17, 15) is 8.78 Å². The van der Waals surface area contributed by atoms with Crippen molar-refractivity contribution in [3.05, 3.63) is 23.8 Å². The van der Waals surface area contributed by atoms with E-state index in [2.05, 4.69) is 5.32 Å². The maximum Gasteiger partial charge on any atom is 0.260 e. The molecule has 1 aromatic rings. The van der Waals surface area contributed by atoms with E-state index in [1.165, 1.54) is 6.92 Å². The van der Waals surface area contributed by atoms with Gasteiger partial charge in [0.2, 0.25) is 0 Å². The Kier molecular flexibility index (Phi) is 3.71. The smallest absolute Gasteiger partial charge is 0.260 e. The molecule has 1 unspecified atom stereocenters. The van der Waals surface area contributed by atoms with Crippen LogP contribution in [0.25, 0.3) is 0 Å². The molecule has 1 atom stereocenters. The van der Waals surface area contributed by atoms with Gasteiger partial charge in [0.1, 0.15) is 18.8 Å². The second-order valence-electron chi connectivity index (χ2n) is 4.39. The first kappa shape index (κ1) is 13.1. The summed E-state index contributed by atoms with van der Waals surface area (Å²) in [5.41, 5.74) is -0.867. The van der Waals surface area contributed by atoms with Crippen LogP contribution in [0.15, 0.2) is 18.2 Å². The molecule has 0 saturated heterocycles. The molecule has 1 aliphatic rings. The minimum Gasteiger partial charge on any atom is -0.486 e. The zero-order valence-corrected chi connectivity index (χ0v) is 10.5. The Bertz CT molecular complexity index is 425. The molecule has 3 nitrogen and oxygen atoms in total. The quantitative estimate of drug-likeness (QED) is 0.899. The number of fused-ring (bicyclic) bond motifs is 1. The molecule has 0 saturated carbocycles. The van der Waals surface area contributed by atoms with Gasteiger partial charge in [0, 0.05) is 0 Å².